The van der Waals surface area contributed by atoms with Crippen molar-refractivity contribution in [2.75, 3.05) is 31.8 Å². The van der Waals surface area contributed by atoms with E-state index in [1.54, 1.807) is 48.4 Å². The van der Waals surface area contributed by atoms with E-state index in [2.05, 4.69) is 13.2 Å². The van der Waals surface area contributed by atoms with Crippen molar-refractivity contribution in [2.24, 2.45) is 23.7 Å². The highest BCUT2D eigenvalue weighted by Gasteiger charge is 2.80. The Balaban J connectivity index is 1.84. The zero-order valence-electron chi connectivity index (χ0n) is 24.9. The second kappa shape index (κ2) is 12.0. The molecule has 9 nitrogen and oxygen atoms in total. The largest absolute Gasteiger partial charge is 0.497 e. The standard InChI is InChI=1S/C32H44N2O7/c1-8-10-16-40-30(38)26-25-28(36)34(23(19-35)17-20(3)4)27(32(25)18-21(5)31(26,6)41-32)29(37)33(15-9-2)22-11-13-24(39-7)14-12-22/h8-9,11-14,20-21,23,25-27,35H,1-2,10,15-19H2,3-7H3/t21?,23-,25+,26-,27?,31+,32?/m1/s1. The molecule has 0 aromatic heterocycles. The fourth-order valence-electron chi connectivity index (χ4n) is 7.22. The van der Waals surface area contributed by atoms with Gasteiger partial charge in [-0.15, -0.1) is 13.2 Å². The molecule has 224 valence electrons. The molecule has 9 heteroatoms. The van der Waals surface area contributed by atoms with Crippen molar-refractivity contribution in [3.05, 3.63) is 49.6 Å². The van der Waals surface area contributed by atoms with Gasteiger partial charge in [0.15, 0.2) is 0 Å². The number of carbonyl (C=O) groups excluding carboxylic acids is 3. The summed E-state index contributed by atoms with van der Waals surface area (Å²) < 4.78 is 17.7. The lowest BCUT2D eigenvalue weighted by Gasteiger charge is -2.40. The average molecular weight is 569 g/mol. The van der Waals surface area contributed by atoms with E-state index in [1.807, 2.05) is 27.7 Å². The monoisotopic (exact) mass is 568 g/mol. The maximum absolute atomic E-state index is 14.7. The van der Waals surface area contributed by atoms with E-state index >= 15 is 0 Å². The first-order valence-corrected chi connectivity index (χ1v) is 14.5. The molecule has 2 amide bonds. The summed E-state index contributed by atoms with van der Waals surface area (Å²) in [5.41, 5.74) is -1.62. The third kappa shape index (κ3) is 5.07. The molecular weight excluding hydrogens is 524 g/mol. The number of anilines is 1. The van der Waals surface area contributed by atoms with E-state index in [4.69, 9.17) is 14.2 Å². The second-order valence-electron chi connectivity index (χ2n) is 12.1. The normalized spacial score (nSPS) is 30.7. The van der Waals surface area contributed by atoms with Gasteiger partial charge in [0, 0.05) is 12.2 Å². The fourth-order valence-corrected chi connectivity index (χ4v) is 7.22. The SMILES string of the molecule is C=CCCOC(=O)[C@H]1[C@H]2C(=O)N([C@@H](CO)CC(C)C)C(C(=O)N(CC=C)c3ccc(OC)cc3)C23CC(C)[C@]1(C)O3. The van der Waals surface area contributed by atoms with Crippen molar-refractivity contribution >= 4 is 23.5 Å². The van der Waals surface area contributed by atoms with Crippen LogP contribution in [-0.4, -0.2) is 77.9 Å². The number of ether oxygens (including phenoxy) is 3. The summed E-state index contributed by atoms with van der Waals surface area (Å²) in [4.78, 5) is 45.9. The molecule has 0 radical (unpaired) electrons. The number of nitrogens with zero attached hydrogens (tertiary/aromatic N) is 2. The fraction of sp³-hybridized carbons (Fsp3) is 0.594. The van der Waals surface area contributed by atoms with E-state index in [0.29, 0.717) is 30.7 Å². The van der Waals surface area contributed by atoms with Crippen molar-refractivity contribution in [1.29, 1.82) is 0 Å². The number of aliphatic hydroxyl groups is 1. The van der Waals surface area contributed by atoms with Crippen LogP contribution in [0, 0.1) is 23.7 Å². The molecule has 1 aromatic carbocycles. The van der Waals surface area contributed by atoms with Gasteiger partial charge >= 0.3 is 5.97 Å². The number of amides is 2. The lowest BCUT2D eigenvalue weighted by Crippen LogP contribution is -2.59. The smallest absolute Gasteiger partial charge is 0.312 e. The van der Waals surface area contributed by atoms with Crippen molar-refractivity contribution in [3.8, 4) is 5.75 Å². The van der Waals surface area contributed by atoms with Crippen LogP contribution in [-0.2, 0) is 23.9 Å². The highest BCUT2D eigenvalue weighted by Crippen LogP contribution is 2.65. The van der Waals surface area contributed by atoms with Gasteiger partial charge in [-0.05, 0) is 62.3 Å². The van der Waals surface area contributed by atoms with Gasteiger partial charge in [0.2, 0.25) is 5.91 Å². The van der Waals surface area contributed by atoms with Crippen molar-refractivity contribution in [3.63, 3.8) is 0 Å². The number of fused-ring (bicyclic) bond motifs is 1. The molecule has 3 saturated heterocycles. The van der Waals surface area contributed by atoms with E-state index in [-0.39, 0.29) is 43.4 Å². The van der Waals surface area contributed by atoms with Crippen LogP contribution in [0.2, 0.25) is 0 Å². The van der Waals surface area contributed by atoms with Crippen LogP contribution >= 0.6 is 0 Å². The molecule has 1 spiro atoms. The van der Waals surface area contributed by atoms with Crippen LogP contribution < -0.4 is 9.64 Å². The first-order chi connectivity index (χ1) is 19.5. The molecular formula is C32H44N2O7. The minimum Gasteiger partial charge on any atom is -0.497 e. The number of likely N-dealkylation sites (tertiary alicyclic amines) is 1. The zero-order valence-corrected chi connectivity index (χ0v) is 24.9. The summed E-state index contributed by atoms with van der Waals surface area (Å²) in [6, 6.07) is 5.43. The number of rotatable bonds is 13. The van der Waals surface area contributed by atoms with Gasteiger partial charge in [-0.3, -0.25) is 14.4 Å². The van der Waals surface area contributed by atoms with Crippen molar-refractivity contribution in [1.82, 2.24) is 4.90 Å². The van der Waals surface area contributed by atoms with Crippen LogP contribution in [0.4, 0.5) is 5.69 Å². The van der Waals surface area contributed by atoms with Gasteiger partial charge in [0.1, 0.15) is 23.3 Å². The second-order valence-corrected chi connectivity index (χ2v) is 12.1. The Kier molecular flexibility index (Phi) is 8.99. The molecule has 1 N–H and O–H groups in total. The van der Waals surface area contributed by atoms with Crippen molar-refractivity contribution in [2.45, 2.75) is 70.2 Å². The van der Waals surface area contributed by atoms with E-state index in [1.165, 1.54) is 4.90 Å². The molecule has 3 fully saturated rings. The predicted molar refractivity (Wildman–Crippen MR) is 155 cm³/mol. The quantitative estimate of drug-likeness (QED) is 0.220. The number of aliphatic hydroxyl groups excluding tert-OH is 1. The minimum atomic E-state index is -1.25. The molecule has 3 unspecified atom stereocenters. The topological polar surface area (TPSA) is 106 Å². The summed E-state index contributed by atoms with van der Waals surface area (Å²) in [7, 11) is 1.57. The molecule has 3 heterocycles. The van der Waals surface area contributed by atoms with Crippen LogP contribution in [0.5, 0.6) is 5.75 Å². The minimum absolute atomic E-state index is 0.120. The van der Waals surface area contributed by atoms with Crippen LogP contribution in [0.1, 0.15) is 47.0 Å². The Morgan fingerprint density at radius 3 is 2.49 bits per heavy atom. The Morgan fingerprint density at radius 2 is 1.93 bits per heavy atom. The lowest BCUT2D eigenvalue weighted by atomic mass is 9.62. The van der Waals surface area contributed by atoms with Gasteiger partial charge in [0.25, 0.3) is 5.91 Å². The maximum Gasteiger partial charge on any atom is 0.312 e. The van der Waals surface area contributed by atoms with Gasteiger partial charge in [0.05, 0.1) is 37.9 Å². The van der Waals surface area contributed by atoms with E-state index in [0.717, 1.165) is 0 Å². The predicted octanol–water partition coefficient (Wildman–Crippen LogP) is 3.75. The van der Waals surface area contributed by atoms with Gasteiger partial charge < -0.3 is 29.1 Å². The van der Waals surface area contributed by atoms with Crippen LogP contribution in [0.15, 0.2) is 49.6 Å². The number of methoxy groups -OCH3 is 1. The summed E-state index contributed by atoms with van der Waals surface area (Å²) >= 11 is 0. The molecule has 7 atom stereocenters. The van der Waals surface area contributed by atoms with Crippen LogP contribution in [0.3, 0.4) is 0 Å². The molecule has 2 bridgehead atoms. The number of hydrogen-bond donors (Lipinski definition) is 1. The molecule has 0 aliphatic carbocycles. The summed E-state index contributed by atoms with van der Waals surface area (Å²) in [6.45, 7) is 15.4. The Morgan fingerprint density at radius 1 is 1.24 bits per heavy atom. The van der Waals surface area contributed by atoms with E-state index in [9.17, 15) is 19.5 Å². The first-order valence-electron chi connectivity index (χ1n) is 14.5. The number of hydrogen-bond acceptors (Lipinski definition) is 7. The Labute approximate surface area is 243 Å². The van der Waals surface area contributed by atoms with Crippen molar-refractivity contribution < 1.29 is 33.7 Å². The Bertz CT molecular complexity index is 1170. The molecule has 3 aliphatic rings. The van der Waals surface area contributed by atoms with E-state index < -0.39 is 41.1 Å². The Hall–Kier alpha value is -3.17. The molecule has 4 rings (SSSR count). The third-order valence-corrected chi connectivity index (χ3v) is 9.12. The highest BCUT2D eigenvalue weighted by molar-refractivity contribution is 6.05. The molecule has 3 aliphatic heterocycles. The molecule has 41 heavy (non-hydrogen) atoms. The molecule has 0 saturated carbocycles. The molecule has 1 aromatic rings. The summed E-state index contributed by atoms with van der Waals surface area (Å²) in [5, 5.41) is 10.5. The average Bonchev–Trinajstić information content (AvgIpc) is 3.46. The maximum atomic E-state index is 14.7. The highest BCUT2D eigenvalue weighted by atomic mass is 16.6. The first kappa shape index (κ1) is 30.8. The lowest BCUT2D eigenvalue weighted by molar-refractivity contribution is -0.162. The number of carbonyl (C=O) groups is 3. The summed E-state index contributed by atoms with van der Waals surface area (Å²) in [5.74, 6) is -2.31. The number of esters is 1. The van der Waals surface area contributed by atoms with Gasteiger partial charge in [-0.25, -0.2) is 0 Å². The number of benzene rings is 1. The zero-order chi connectivity index (χ0) is 30.1. The summed E-state index contributed by atoms with van der Waals surface area (Å²) in [6.07, 6.45) is 4.70. The van der Waals surface area contributed by atoms with Gasteiger partial charge in [-0.1, -0.05) is 32.9 Å². The van der Waals surface area contributed by atoms with Gasteiger partial charge in [-0.2, -0.15) is 0 Å². The van der Waals surface area contributed by atoms with Crippen LogP contribution in [0.25, 0.3) is 0 Å². The third-order valence-electron chi connectivity index (χ3n) is 9.12.